The van der Waals surface area contributed by atoms with Crippen LogP contribution in [0.1, 0.15) is 37.6 Å². The average molecular weight is 407 g/mol. The third kappa shape index (κ3) is 5.85. The Morgan fingerprint density at radius 2 is 1.79 bits per heavy atom. The number of aromatic nitrogens is 1. The predicted molar refractivity (Wildman–Crippen MR) is 121 cm³/mol. The van der Waals surface area contributed by atoms with Gasteiger partial charge in [-0.05, 0) is 62.2 Å². The minimum atomic E-state index is -0.302. The molecule has 0 aliphatic heterocycles. The van der Waals surface area contributed by atoms with E-state index in [2.05, 4.69) is 37.5 Å². The first-order chi connectivity index (χ1) is 13.8. The summed E-state index contributed by atoms with van der Waals surface area (Å²) in [4.78, 5) is 14.9. The van der Waals surface area contributed by atoms with Crippen LogP contribution in [0.5, 0.6) is 0 Å². The van der Waals surface area contributed by atoms with Gasteiger partial charge in [-0.25, -0.2) is 0 Å². The van der Waals surface area contributed by atoms with Crippen molar-refractivity contribution >= 4 is 23.6 Å². The first-order valence-electron chi connectivity index (χ1n) is 9.76. The molecule has 1 aromatic heterocycles. The summed E-state index contributed by atoms with van der Waals surface area (Å²) in [6.07, 6.45) is 5.57. The molecule has 1 amide bonds. The Labute approximate surface area is 178 Å². The molecule has 0 atom stereocenters. The highest BCUT2D eigenvalue weighted by atomic mass is 35.5. The maximum Gasteiger partial charge on any atom is 0.247 e. The molecule has 4 heteroatoms. The summed E-state index contributed by atoms with van der Waals surface area (Å²) in [6.45, 7) is 7.44. The molecule has 0 saturated carbocycles. The second-order valence-electron chi connectivity index (χ2n) is 8.10. The number of hydrogen-bond acceptors (Lipinski definition) is 1. The van der Waals surface area contributed by atoms with Gasteiger partial charge in [-0.15, -0.1) is 0 Å². The molecule has 3 rings (SSSR count). The number of hydrogen-bond donors (Lipinski definition) is 0. The Morgan fingerprint density at radius 1 is 1.03 bits per heavy atom. The molecule has 0 aliphatic rings. The van der Waals surface area contributed by atoms with Crippen LogP contribution in [0.2, 0.25) is 5.02 Å². The summed E-state index contributed by atoms with van der Waals surface area (Å²) in [6, 6.07) is 21.8. The molecule has 29 heavy (non-hydrogen) atoms. The van der Waals surface area contributed by atoms with Gasteiger partial charge < -0.3 is 9.47 Å². The SMILES string of the molecule is CC(C)(C)N(Cc1cccn1Cc1cccc(Cl)c1)C(=O)C=Cc1ccccc1. The van der Waals surface area contributed by atoms with Crippen LogP contribution in [-0.2, 0) is 17.9 Å². The maximum atomic E-state index is 13.0. The largest absolute Gasteiger partial charge is 0.345 e. The van der Waals surface area contributed by atoms with Crippen molar-refractivity contribution in [3.8, 4) is 0 Å². The van der Waals surface area contributed by atoms with E-state index in [0.717, 1.165) is 28.4 Å². The van der Waals surface area contributed by atoms with Gasteiger partial charge in [0.05, 0.1) is 6.54 Å². The normalized spacial score (nSPS) is 11.7. The van der Waals surface area contributed by atoms with Gasteiger partial charge in [0.25, 0.3) is 0 Å². The maximum absolute atomic E-state index is 13.0. The van der Waals surface area contributed by atoms with Crippen molar-refractivity contribution in [2.75, 3.05) is 0 Å². The molecular weight excluding hydrogens is 380 g/mol. The smallest absolute Gasteiger partial charge is 0.247 e. The van der Waals surface area contributed by atoms with Gasteiger partial charge in [0, 0.05) is 35.1 Å². The third-order valence-electron chi connectivity index (χ3n) is 4.78. The summed E-state index contributed by atoms with van der Waals surface area (Å²) >= 11 is 6.13. The highest BCUT2D eigenvalue weighted by Crippen LogP contribution is 2.20. The molecule has 2 aromatic carbocycles. The Hall–Kier alpha value is -2.78. The molecule has 0 aliphatic carbocycles. The number of halogens is 1. The summed E-state index contributed by atoms with van der Waals surface area (Å²) in [5.74, 6) is -0.00291. The highest BCUT2D eigenvalue weighted by Gasteiger charge is 2.26. The van der Waals surface area contributed by atoms with E-state index in [1.807, 2.05) is 71.8 Å². The number of nitrogens with zero attached hydrogens (tertiary/aromatic N) is 2. The monoisotopic (exact) mass is 406 g/mol. The van der Waals surface area contributed by atoms with Crippen LogP contribution < -0.4 is 0 Å². The lowest BCUT2D eigenvalue weighted by Gasteiger charge is -2.35. The molecule has 0 saturated heterocycles. The minimum absolute atomic E-state index is 0.00291. The Balaban J connectivity index is 1.79. The van der Waals surface area contributed by atoms with Crippen LogP contribution in [-0.4, -0.2) is 20.9 Å². The van der Waals surface area contributed by atoms with Gasteiger partial charge in [0.15, 0.2) is 0 Å². The zero-order chi connectivity index (χ0) is 20.9. The van der Waals surface area contributed by atoms with Gasteiger partial charge >= 0.3 is 0 Å². The fourth-order valence-corrected chi connectivity index (χ4v) is 3.42. The third-order valence-corrected chi connectivity index (χ3v) is 5.01. The van der Waals surface area contributed by atoms with Crippen molar-refractivity contribution < 1.29 is 4.79 Å². The van der Waals surface area contributed by atoms with Crippen LogP contribution in [0.25, 0.3) is 6.08 Å². The molecule has 1 heterocycles. The molecule has 0 radical (unpaired) electrons. The molecule has 3 nitrogen and oxygen atoms in total. The van der Waals surface area contributed by atoms with Crippen molar-refractivity contribution in [3.63, 3.8) is 0 Å². The standard InChI is InChI=1S/C25H27ClN2O/c1-25(2,3)28(24(29)15-14-20-9-5-4-6-10-20)19-23-13-8-16-27(23)18-21-11-7-12-22(26)17-21/h4-17H,18-19H2,1-3H3. The van der Waals surface area contributed by atoms with Crippen molar-refractivity contribution in [2.24, 2.45) is 0 Å². The van der Waals surface area contributed by atoms with Crippen LogP contribution in [0.15, 0.2) is 79.0 Å². The van der Waals surface area contributed by atoms with Crippen molar-refractivity contribution in [2.45, 2.75) is 39.4 Å². The number of amides is 1. The lowest BCUT2D eigenvalue weighted by atomic mass is 10.0. The second-order valence-corrected chi connectivity index (χ2v) is 8.53. The minimum Gasteiger partial charge on any atom is -0.345 e. The van der Waals surface area contributed by atoms with Crippen molar-refractivity contribution in [1.82, 2.24) is 9.47 Å². The van der Waals surface area contributed by atoms with Crippen LogP contribution in [0.4, 0.5) is 0 Å². The molecule has 0 spiro atoms. The van der Waals surface area contributed by atoms with E-state index in [0.29, 0.717) is 6.54 Å². The number of benzene rings is 2. The number of carbonyl (C=O) groups is 1. The Kier molecular flexibility index (Phi) is 6.60. The van der Waals surface area contributed by atoms with Crippen molar-refractivity contribution in [1.29, 1.82) is 0 Å². The molecule has 3 aromatic rings. The summed E-state index contributed by atoms with van der Waals surface area (Å²) in [5, 5.41) is 0.730. The first-order valence-corrected chi connectivity index (χ1v) is 10.1. The van der Waals surface area contributed by atoms with Gasteiger partial charge in [0.2, 0.25) is 5.91 Å². The molecule has 150 valence electrons. The number of rotatable bonds is 6. The summed E-state index contributed by atoms with van der Waals surface area (Å²) in [7, 11) is 0. The Morgan fingerprint density at radius 3 is 2.48 bits per heavy atom. The van der Waals surface area contributed by atoms with Crippen LogP contribution in [0.3, 0.4) is 0 Å². The lowest BCUT2D eigenvalue weighted by Crippen LogP contribution is -2.44. The van der Waals surface area contributed by atoms with E-state index in [9.17, 15) is 4.79 Å². The van der Waals surface area contributed by atoms with Gasteiger partial charge in [-0.2, -0.15) is 0 Å². The molecular formula is C25H27ClN2O. The topological polar surface area (TPSA) is 25.2 Å². The Bertz CT molecular complexity index is 983. The second kappa shape index (κ2) is 9.15. The lowest BCUT2D eigenvalue weighted by molar-refractivity contribution is -0.131. The van der Waals surface area contributed by atoms with Gasteiger partial charge in [-0.3, -0.25) is 4.79 Å². The van der Waals surface area contributed by atoms with E-state index >= 15 is 0 Å². The fraction of sp³-hybridized carbons (Fsp3) is 0.240. The summed E-state index contributed by atoms with van der Waals surface area (Å²) in [5.41, 5.74) is 2.93. The molecule has 0 fully saturated rings. The number of carbonyl (C=O) groups excluding carboxylic acids is 1. The van der Waals surface area contributed by atoms with Crippen LogP contribution in [0, 0.1) is 0 Å². The molecule has 0 unspecified atom stereocenters. The van der Waals surface area contributed by atoms with E-state index in [4.69, 9.17) is 11.6 Å². The highest BCUT2D eigenvalue weighted by molar-refractivity contribution is 6.30. The zero-order valence-corrected chi connectivity index (χ0v) is 17.9. The van der Waals surface area contributed by atoms with E-state index in [-0.39, 0.29) is 11.4 Å². The fourth-order valence-electron chi connectivity index (χ4n) is 3.21. The molecule has 0 bridgehead atoms. The zero-order valence-electron chi connectivity index (χ0n) is 17.2. The first kappa shape index (κ1) is 20.9. The van der Waals surface area contributed by atoms with E-state index in [1.165, 1.54) is 0 Å². The van der Waals surface area contributed by atoms with Gasteiger partial charge in [-0.1, -0.05) is 54.1 Å². The van der Waals surface area contributed by atoms with Crippen LogP contribution >= 0.6 is 11.6 Å². The summed E-state index contributed by atoms with van der Waals surface area (Å²) < 4.78 is 2.17. The predicted octanol–water partition coefficient (Wildman–Crippen LogP) is 6.03. The quantitative estimate of drug-likeness (QED) is 0.459. The molecule has 0 N–H and O–H groups in total. The van der Waals surface area contributed by atoms with E-state index < -0.39 is 0 Å². The van der Waals surface area contributed by atoms with E-state index in [1.54, 1.807) is 6.08 Å². The average Bonchev–Trinajstić information content (AvgIpc) is 3.11. The van der Waals surface area contributed by atoms with Gasteiger partial charge in [0.1, 0.15) is 0 Å². The van der Waals surface area contributed by atoms with Crippen molar-refractivity contribution in [3.05, 3.63) is 101 Å².